The summed E-state index contributed by atoms with van der Waals surface area (Å²) < 4.78 is 18.7. The number of aromatic nitrogens is 2. The van der Waals surface area contributed by atoms with E-state index < -0.39 is 5.91 Å². The number of hydrogen-bond donors (Lipinski definition) is 2. The summed E-state index contributed by atoms with van der Waals surface area (Å²) in [4.78, 5) is 12.3. The van der Waals surface area contributed by atoms with Gasteiger partial charge < -0.3 is 4.74 Å². The molecular formula is C25H21FN4O2. The Bertz CT molecular complexity index is 1210. The van der Waals surface area contributed by atoms with Crippen LogP contribution in [0.15, 0.2) is 84.0 Å². The first-order chi connectivity index (χ1) is 15.6. The Balaban J connectivity index is 1.33. The zero-order valence-corrected chi connectivity index (χ0v) is 17.4. The lowest BCUT2D eigenvalue weighted by atomic mass is 10.1. The summed E-state index contributed by atoms with van der Waals surface area (Å²) in [5.41, 5.74) is 7.15. The van der Waals surface area contributed by atoms with Crippen molar-refractivity contribution in [3.63, 3.8) is 0 Å². The van der Waals surface area contributed by atoms with Gasteiger partial charge in [0.25, 0.3) is 5.91 Å². The molecule has 0 aliphatic rings. The Morgan fingerprint density at radius 1 is 1.06 bits per heavy atom. The fourth-order valence-electron chi connectivity index (χ4n) is 2.93. The minimum absolute atomic E-state index is 0.274. The van der Waals surface area contributed by atoms with Crippen LogP contribution in [0.1, 0.15) is 27.2 Å². The number of aromatic amines is 1. The topological polar surface area (TPSA) is 79.4 Å². The molecule has 4 aromatic rings. The molecule has 32 heavy (non-hydrogen) atoms. The molecule has 0 saturated heterocycles. The molecule has 3 aromatic carbocycles. The van der Waals surface area contributed by atoms with Crippen molar-refractivity contribution in [1.82, 2.24) is 15.6 Å². The van der Waals surface area contributed by atoms with Gasteiger partial charge in [0.05, 0.1) is 11.9 Å². The van der Waals surface area contributed by atoms with E-state index in [9.17, 15) is 9.18 Å². The first kappa shape index (κ1) is 21.0. The van der Waals surface area contributed by atoms with Crippen LogP contribution in [0, 0.1) is 12.7 Å². The van der Waals surface area contributed by atoms with Crippen LogP contribution >= 0.6 is 0 Å². The Morgan fingerprint density at radius 2 is 1.78 bits per heavy atom. The highest BCUT2D eigenvalue weighted by Crippen LogP contribution is 2.22. The third-order valence-corrected chi connectivity index (χ3v) is 4.75. The summed E-state index contributed by atoms with van der Waals surface area (Å²) in [5.74, 6) is -0.0137. The van der Waals surface area contributed by atoms with E-state index in [1.165, 1.54) is 23.9 Å². The van der Waals surface area contributed by atoms with Gasteiger partial charge in [0.1, 0.15) is 23.9 Å². The number of carbonyl (C=O) groups is 1. The van der Waals surface area contributed by atoms with Gasteiger partial charge in [-0.1, -0.05) is 42.0 Å². The van der Waals surface area contributed by atoms with Crippen LogP contribution in [0.2, 0.25) is 0 Å². The monoisotopic (exact) mass is 428 g/mol. The van der Waals surface area contributed by atoms with Gasteiger partial charge in [0, 0.05) is 5.56 Å². The van der Waals surface area contributed by atoms with Gasteiger partial charge in [-0.15, -0.1) is 0 Å². The van der Waals surface area contributed by atoms with Gasteiger partial charge in [-0.2, -0.15) is 10.2 Å². The molecule has 2 N–H and O–H groups in total. The van der Waals surface area contributed by atoms with Crippen LogP contribution in [-0.2, 0) is 6.61 Å². The maximum atomic E-state index is 12.9. The normalized spacial score (nSPS) is 10.9. The van der Waals surface area contributed by atoms with Crippen molar-refractivity contribution < 1.29 is 13.9 Å². The molecule has 1 amide bonds. The van der Waals surface area contributed by atoms with Gasteiger partial charge in [-0.25, -0.2) is 9.82 Å². The fraction of sp³-hybridized carbons (Fsp3) is 0.0800. The Kier molecular flexibility index (Phi) is 6.36. The summed E-state index contributed by atoms with van der Waals surface area (Å²) >= 11 is 0. The Morgan fingerprint density at radius 3 is 2.50 bits per heavy atom. The Labute approximate surface area is 184 Å². The minimum Gasteiger partial charge on any atom is -0.489 e. The number of benzene rings is 3. The Hall–Kier alpha value is -4.26. The second-order valence-corrected chi connectivity index (χ2v) is 7.22. The van der Waals surface area contributed by atoms with E-state index in [4.69, 9.17) is 4.74 Å². The van der Waals surface area contributed by atoms with Crippen LogP contribution < -0.4 is 10.2 Å². The molecule has 0 atom stereocenters. The maximum Gasteiger partial charge on any atom is 0.289 e. The van der Waals surface area contributed by atoms with Crippen molar-refractivity contribution in [3.8, 4) is 17.0 Å². The fourth-order valence-corrected chi connectivity index (χ4v) is 2.93. The quantitative estimate of drug-likeness (QED) is 0.326. The number of rotatable bonds is 7. The number of nitrogens with one attached hydrogen (secondary N) is 2. The van der Waals surface area contributed by atoms with Gasteiger partial charge in [0.2, 0.25) is 0 Å². The van der Waals surface area contributed by atoms with Crippen LogP contribution in [0.4, 0.5) is 4.39 Å². The van der Waals surface area contributed by atoms with E-state index in [0.29, 0.717) is 17.9 Å². The number of carbonyl (C=O) groups excluding carboxylic acids is 1. The second kappa shape index (κ2) is 9.70. The lowest BCUT2D eigenvalue weighted by Crippen LogP contribution is -2.17. The minimum atomic E-state index is -0.430. The molecule has 1 aromatic heterocycles. The largest absolute Gasteiger partial charge is 0.489 e. The molecule has 0 bridgehead atoms. The van der Waals surface area contributed by atoms with Crippen molar-refractivity contribution in [2.45, 2.75) is 13.5 Å². The standard InChI is InChI=1S/C25H21FN4O2/c1-17-2-4-19(5-3-17)16-32-22-12-8-20(9-13-22)23-14-24(29-28-23)25(31)30-27-15-18-6-10-21(26)11-7-18/h2-15H,16H2,1H3,(H,28,29)(H,30,31)/b27-15-. The van der Waals surface area contributed by atoms with Crippen LogP contribution in [-0.4, -0.2) is 22.3 Å². The van der Waals surface area contributed by atoms with E-state index in [0.717, 1.165) is 16.9 Å². The summed E-state index contributed by atoms with van der Waals surface area (Å²) in [6.07, 6.45) is 1.43. The van der Waals surface area contributed by atoms with Gasteiger partial charge in [-0.3, -0.25) is 9.89 Å². The summed E-state index contributed by atoms with van der Waals surface area (Å²) in [6, 6.07) is 23.1. The molecule has 0 unspecified atom stereocenters. The van der Waals surface area contributed by atoms with E-state index in [2.05, 4.69) is 39.8 Å². The first-order valence-corrected chi connectivity index (χ1v) is 10.00. The van der Waals surface area contributed by atoms with Crippen molar-refractivity contribution in [1.29, 1.82) is 0 Å². The SMILES string of the molecule is Cc1ccc(COc2ccc(-c3cc(C(=O)N/N=C\c4ccc(F)cc4)[nH]n3)cc2)cc1. The van der Waals surface area contributed by atoms with Crippen LogP contribution in [0.25, 0.3) is 11.3 Å². The summed E-state index contributed by atoms with van der Waals surface area (Å²) in [5, 5.41) is 10.8. The smallest absolute Gasteiger partial charge is 0.289 e. The molecule has 0 saturated carbocycles. The lowest BCUT2D eigenvalue weighted by Gasteiger charge is -2.07. The molecule has 0 spiro atoms. The highest BCUT2D eigenvalue weighted by Gasteiger charge is 2.10. The van der Waals surface area contributed by atoms with Crippen molar-refractivity contribution in [2.75, 3.05) is 0 Å². The number of aryl methyl sites for hydroxylation is 1. The molecule has 0 radical (unpaired) electrons. The van der Waals surface area contributed by atoms with Crippen LogP contribution in [0.3, 0.4) is 0 Å². The molecule has 6 nitrogen and oxygen atoms in total. The highest BCUT2D eigenvalue weighted by atomic mass is 19.1. The van der Waals surface area contributed by atoms with Crippen molar-refractivity contribution in [2.24, 2.45) is 5.10 Å². The molecular weight excluding hydrogens is 407 g/mol. The lowest BCUT2D eigenvalue weighted by molar-refractivity contribution is 0.0950. The number of H-pyrrole nitrogens is 1. The average Bonchev–Trinajstić information content (AvgIpc) is 3.31. The molecule has 0 aliphatic carbocycles. The van der Waals surface area contributed by atoms with Gasteiger partial charge >= 0.3 is 0 Å². The van der Waals surface area contributed by atoms with Gasteiger partial charge in [0.15, 0.2) is 0 Å². The third-order valence-electron chi connectivity index (χ3n) is 4.75. The van der Waals surface area contributed by atoms with E-state index in [1.807, 2.05) is 36.4 Å². The molecule has 0 aliphatic heterocycles. The molecule has 7 heteroatoms. The van der Waals surface area contributed by atoms with Crippen molar-refractivity contribution >= 4 is 12.1 Å². The number of amides is 1. The number of ether oxygens (including phenoxy) is 1. The van der Waals surface area contributed by atoms with Gasteiger partial charge in [-0.05, 0) is 60.5 Å². The zero-order chi connectivity index (χ0) is 22.3. The molecule has 4 rings (SSSR count). The first-order valence-electron chi connectivity index (χ1n) is 10.00. The average molecular weight is 428 g/mol. The predicted octanol–water partition coefficient (Wildman–Crippen LogP) is 4.87. The number of hydrogen-bond acceptors (Lipinski definition) is 4. The zero-order valence-electron chi connectivity index (χ0n) is 17.4. The second-order valence-electron chi connectivity index (χ2n) is 7.22. The predicted molar refractivity (Wildman–Crippen MR) is 121 cm³/mol. The number of nitrogens with zero attached hydrogens (tertiary/aromatic N) is 2. The van der Waals surface area contributed by atoms with Crippen molar-refractivity contribution in [3.05, 3.63) is 107 Å². The molecule has 1 heterocycles. The van der Waals surface area contributed by atoms with Crippen LogP contribution in [0.5, 0.6) is 5.75 Å². The number of hydrazone groups is 1. The summed E-state index contributed by atoms with van der Waals surface area (Å²) in [7, 11) is 0. The van der Waals surface area contributed by atoms with E-state index >= 15 is 0 Å². The number of halogens is 1. The third kappa shape index (κ3) is 5.46. The highest BCUT2D eigenvalue weighted by molar-refractivity contribution is 5.94. The molecule has 160 valence electrons. The maximum absolute atomic E-state index is 12.9. The molecule has 0 fully saturated rings. The van der Waals surface area contributed by atoms with E-state index in [-0.39, 0.29) is 11.5 Å². The van der Waals surface area contributed by atoms with E-state index in [1.54, 1.807) is 18.2 Å². The summed E-state index contributed by atoms with van der Waals surface area (Å²) in [6.45, 7) is 2.54.